The number of Topliss-reactive ketones (excluding diaryl/α,β-unsaturated/α-hetero) is 1. The van der Waals surface area contributed by atoms with Crippen molar-refractivity contribution >= 4 is 59.9 Å². The minimum atomic E-state index is 0.107. The number of para-hydroxylation sites is 1. The zero-order valence-electron chi connectivity index (χ0n) is 10.3. The van der Waals surface area contributed by atoms with E-state index < -0.39 is 0 Å². The van der Waals surface area contributed by atoms with Crippen molar-refractivity contribution in [1.82, 2.24) is 4.98 Å². The molecule has 0 saturated heterocycles. The Morgan fingerprint density at radius 3 is 2.75 bits per heavy atom. The van der Waals surface area contributed by atoms with E-state index in [1.165, 1.54) is 11.3 Å². The molecule has 0 aliphatic rings. The average Bonchev–Trinajstić information content (AvgIpc) is 2.78. The Kier molecular flexibility index (Phi) is 4.01. The molecule has 3 rings (SSSR count). The molecular weight excluding hydrogens is 402 g/mol. The summed E-state index contributed by atoms with van der Waals surface area (Å²) in [6.07, 6.45) is 2.13. The molecule has 0 aliphatic heterocycles. The van der Waals surface area contributed by atoms with E-state index in [1.807, 2.05) is 36.4 Å². The van der Waals surface area contributed by atoms with Gasteiger partial charge in [-0.1, -0.05) is 18.2 Å². The molecule has 0 amide bonds. The van der Waals surface area contributed by atoms with Crippen LogP contribution in [0.5, 0.6) is 0 Å². The second-order valence-corrected chi connectivity index (χ2v) is 8.07. The van der Waals surface area contributed by atoms with E-state index in [-0.39, 0.29) is 5.78 Å². The predicted molar refractivity (Wildman–Crippen MR) is 89.5 cm³/mol. The molecule has 0 aliphatic carbocycles. The number of halogens is 2. The highest BCUT2D eigenvalue weighted by molar-refractivity contribution is 9.12. The number of ketones is 1. The van der Waals surface area contributed by atoms with Gasteiger partial charge in [0.1, 0.15) is 0 Å². The third kappa shape index (κ3) is 2.71. The highest BCUT2D eigenvalue weighted by Gasteiger charge is 2.15. The van der Waals surface area contributed by atoms with E-state index in [9.17, 15) is 4.79 Å². The lowest BCUT2D eigenvalue weighted by molar-refractivity contribution is 0.0993. The third-order valence-electron chi connectivity index (χ3n) is 3.05. The van der Waals surface area contributed by atoms with Gasteiger partial charge in [0.15, 0.2) is 5.78 Å². The fourth-order valence-electron chi connectivity index (χ4n) is 2.11. The molecule has 0 fully saturated rings. The standard InChI is InChI=1S/C15H9Br2NOS/c16-14-8-11(15(17)20-14)13(19)7-9-5-6-18-12-4-2-1-3-10(9)12/h1-6,8H,7H2. The van der Waals surface area contributed by atoms with E-state index in [2.05, 4.69) is 36.8 Å². The molecule has 0 radical (unpaired) electrons. The number of rotatable bonds is 3. The second kappa shape index (κ2) is 5.76. The zero-order valence-corrected chi connectivity index (χ0v) is 14.3. The van der Waals surface area contributed by atoms with Gasteiger partial charge < -0.3 is 0 Å². The van der Waals surface area contributed by atoms with Crippen molar-refractivity contribution in [1.29, 1.82) is 0 Å². The van der Waals surface area contributed by atoms with Gasteiger partial charge in [-0.25, -0.2) is 0 Å². The summed E-state index contributed by atoms with van der Waals surface area (Å²) < 4.78 is 1.82. The Labute approximate surface area is 137 Å². The van der Waals surface area contributed by atoms with E-state index in [0.29, 0.717) is 6.42 Å². The molecule has 1 aromatic carbocycles. The van der Waals surface area contributed by atoms with Crippen LogP contribution in [0.15, 0.2) is 50.2 Å². The second-order valence-electron chi connectivity index (χ2n) is 4.33. The van der Waals surface area contributed by atoms with Crippen LogP contribution in [0.3, 0.4) is 0 Å². The summed E-state index contributed by atoms with van der Waals surface area (Å²) in [4.78, 5) is 16.7. The quantitative estimate of drug-likeness (QED) is 0.552. The fourth-order valence-corrected chi connectivity index (χ4v) is 4.96. The molecule has 2 heterocycles. The first kappa shape index (κ1) is 13.9. The number of carbonyl (C=O) groups is 1. The minimum absolute atomic E-state index is 0.107. The van der Waals surface area contributed by atoms with Crippen molar-refractivity contribution in [2.45, 2.75) is 6.42 Å². The normalized spacial score (nSPS) is 10.9. The van der Waals surface area contributed by atoms with Crippen LogP contribution in [-0.2, 0) is 6.42 Å². The maximum absolute atomic E-state index is 12.4. The van der Waals surface area contributed by atoms with Crippen molar-refractivity contribution < 1.29 is 4.79 Å². The van der Waals surface area contributed by atoms with Crippen molar-refractivity contribution in [3.05, 3.63) is 61.3 Å². The van der Waals surface area contributed by atoms with Crippen LogP contribution in [0.2, 0.25) is 0 Å². The van der Waals surface area contributed by atoms with E-state index in [1.54, 1.807) is 6.20 Å². The number of nitrogens with zero attached hydrogens (tertiary/aromatic N) is 1. The molecule has 3 aromatic rings. The van der Waals surface area contributed by atoms with Crippen molar-refractivity contribution in [3.63, 3.8) is 0 Å². The van der Waals surface area contributed by atoms with Crippen molar-refractivity contribution in [3.8, 4) is 0 Å². The maximum Gasteiger partial charge on any atom is 0.169 e. The number of carbonyl (C=O) groups excluding carboxylic acids is 1. The Morgan fingerprint density at radius 2 is 2.00 bits per heavy atom. The van der Waals surface area contributed by atoms with Crippen LogP contribution in [0.4, 0.5) is 0 Å². The Hall–Kier alpha value is -1.04. The van der Waals surface area contributed by atoms with Crippen LogP contribution >= 0.6 is 43.2 Å². The number of benzene rings is 1. The first-order valence-corrected chi connectivity index (χ1v) is 8.36. The average molecular weight is 411 g/mol. The minimum Gasteiger partial charge on any atom is -0.294 e. The summed E-state index contributed by atoms with van der Waals surface area (Å²) in [5.41, 5.74) is 2.65. The van der Waals surface area contributed by atoms with Gasteiger partial charge in [-0.2, -0.15) is 0 Å². The van der Waals surface area contributed by atoms with Crippen molar-refractivity contribution in [2.75, 3.05) is 0 Å². The highest BCUT2D eigenvalue weighted by Crippen LogP contribution is 2.33. The van der Waals surface area contributed by atoms with Gasteiger partial charge in [-0.05, 0) is 55.6 Å². The summed E-state index contributed by atoms with van der Waals surface area (Å²) in [5.74, 6) is 0.107. The van der Waals surface area contributed by atoms with Gasteiger partial charge in [0, 0.05) is 23.6 Å². The first-order chi connectivity index (χ1) is 9.65. The molecule has 20 heavy (non-hydrogen) atoms. The molecule has 0 saturated carbocycles. The summed E-state index contributed by atoms with van der Waals surface area (Å²) >= 11 is 8.35. The van der Waals surface area contributed by atoms with E-state index in [0.717, 1.165) is 29.6 Å². The number of aromatic nitrogens is 1. The van der Waals surface area contributed by atoms with Gasteiger partial charge in [0.2, 0.25) is 0 Å². The lowest BCUT2D eigenvalue weighted by atomic mass is 10.0. The van der Waals surface area contributed by atoms with Crippen LogP contribution in [-0.4, -0.2) is 10.8 Å². The van der Waals surface area contributed by atoms with Crippen molar-refractivity contribution in [2.24, 2.45) is 0 Å². The first-order valence-electron chi connectivity index (χ1n) is 5.96. The van der Waals surface area contributed by atoms with E-state index >= 15 is 0 Å². The van der Waals surface area contributed by atoms with Gasteiger partial charge in [-0.3, -0.25) is 9.78 Å². The SMILES string of the molecule is O=C(Cc1ccnc2ccccc12)c1cc(Br)sc1Br. The van der Waals surface area contributed by atoms with Crippen LogP contribution in [0, 0.1) is 0 Å². The molecule has 2 aromatic heterocycles. The molecule has 0 unspecified atom stereocenters. The van der Waals surface area contributed by atoms with Crippen LogP contribution in [0.25, 0.3) is 10.9 Å². The summed E-state index contributed by atoms with van der Waals surface area (Å²) in [6, 6.07) is 11.7. The molecule has 0 N–H and O–H groups in total. The molecule has 100 valence electrons. The third-order valence-corrected chi connectivity index (χ3v) is 5.39. The van der Waals surface area contributed by atoms with E-state index in [4.69, 9.17) is 0 Å². The number of fused-ring (bicyclic) bond motifs is 1. The number of pyridine rings is 1. The maximum atomic E-state index is 12.4. The molecule has 5 heteroatoms. The van der Waals surface area contributed by atoms with Crippen LogP contribution in [0.1, 0.15) is 15.9 Å². The zero-order chi connectivity index (χ0) is 14.1. The lowest BCUT2D eigenvalue weighted by Crippen LogP contribution is -2.03. The number of hydrogen-bond acceptors (Lipinski definition) is 3. The molecular formula is C15H9Br2NOS. The Balaban J connectivity index is 1.97. The fraction of sp³-hybridized carbons (Fsp3) is 0.0667. The summed E-state index contributed by atoms with van der Waals surface area (Å²) in [6.45, 7) is 0. The summed E-state index contributed by atoms with van der Waals surface area (Å²) in [5, 5.41) is 1.04. The molecule has 0 atom stereocenters. The van der Waals surface area contributed by atoms with Gasteiger partial charge in [-0.15, -0.1) is 11.3 Å². The largest absolute Gasteiger partial charge is 0.294 e. The smallest absolute Gasteiger partial charge is 0.169 e. The topological polar surface area (TPSA) is 30.0 Å². The monoisotopic (exact) mass is 409 g/mol. The van der Waals surface area contributed by atoms with Gasteiger partial charge in [0.05, 0.1) is 13.1 Å². The Bertz CT molecular complexity index is 792. The predicted octanol–water partition coefficient (Wildman–Crippen LogP) is 5.25. The summed E-state index contributed by atoms with van der Waals surface area (Å²) in [7, 11) is 0. The van der Waals surface area contributed by atoms with Gasteiger partial charge >= 0.3 is 0 Å². The Morgan fingerprint density at radius 1 is 1.20 bits per heavy atom. The lowest BCUT2D eigenvalue weighted by Gasteiger charge is -2.05. The number of hydrogen-bond donors (Lipinski definition) is 0. The molecule has 0 bridgehead atoms. The van der Waals surface area contributed by atoms with Crippen LogP contribution < -0.4 is 0 Å². The highest BCUT2D eigenvalue weighted by atomic mass is 79.9. The van der Waals surface area contributed by atoms with Gasteiger partial charge in [0.25, 0.3) is 0 Å². The molecule has 2 nitrogen and oxygen atoms in total. The molecule has 0 spiro atoms. The number of thiophene rings is 1.